The van der Waals surface area contributed by atoms with Gasteiger partial charge in [0.1, 0.15) is 5.75 Å². The first-order valence-corrected chi connectivity index (χ1v) is 7.11. The standard InChI is InChI=1S/C16H16N2O4/c1-9-6-7-10-12(8-9)16(22)18(15(10)21)17-14(20)11-4-2-3-5-13(11)19/h2-6,10,12,19H,7-8H2,1H3,(H,17,20)/t10-,12+/m0/s1. The second-order valence-electron chi connectivity index (χ2n) is 5.67. The third kappa shape index (κ3) is 2.26. The highest BCUT2D eigenvalue weighted by molar-refractivity contribution is 6.08. The summed E-state index contributed by atoms with van der Waals surface area (Å²) in [6.07, 6.45) is 3.02. The van der Waals surface area contributed by atoms with Crippen LogP contribution in [0.15, 0.2) is 35.9 Å². The third-order valence-electron chi connectivity index (χ3n) is 4.19. The summed E-state index contributed by atoms with van der Waals surface area (Å²) in [7, 11) is 0. The molecule has 22 heavy (non-hydrogen) atoms. The van der Waals surface area contributed by atoms with Crippen molar-refractivity contribution in [3.05, 3.63) is 41.5 Å². The summed E-state index contributed by atoms with van der Waals surface area (Å²) in [5.41, 5.74) is 3.42. The number of para-hydroxylation sites is 1. The fraction of sp³-hybridized carbons (Fsp3) is 0.312. The van der Waals surface area contributed by atoms with E-state index in [1.54, 1.807) is 12.1 Å². The maximum atomic E-state index is 12.3. The quantitative estimate of drug-likeness (QED) is 0.638. The van der Waals surface area contributed by atoms with Crippen LogP contribution >= 0.6 is 0 Å². The van der Waals surface area contributed by atoms with Crippen molar-refractivity contribution in [3.63, 3.8) is 0 Å². The minimum absolute atomic E-state index is 0.0206. The zero-order valence-electron chi connectivity index (χ0n) is 12.1. The number of hydrazine groups is 1. The first-order chi connectivity index (χ1) is 10.5. The topological polar surface area (TPSA) is 86.7 Å². The Bertz CT molecular complexity index is 695. The molecule has 1 aliphatic carbocycles. The van der Waals surface area contributed by atoms with E-state index in [0.29, 0.717) is 12.8 Å². The normalized spacial score (nSPS) is 24.0. The van der Waals surface area contributed by atoms with Crippen LogP contribution in [0.25, 0.3) is 0 Å². The molecule has 0 aromatic heterocycles. The molecule has 1 aromatic rings. The van der Waals surface area contributed by atoms with Crippen LogP contribution < -0.4 is 5.43 Å². The number of benzene rings is 1. The van der Waals surface area contributed by atoms with Gasteiger partial charge in [-0.15, -0.1) is 0 Å². The minimum Gasteiger partial charge on any atom is -0.507 e. The molecule has 114 valence electrons. The molecular formula is C16H16N2O4. The zero-order valence-corrected chi connectivity index (χ0v) is 12.1. The zero-order chi connectivity index (χ0) is 15.9. The molecule has 3 rings (SSSR count). The van der Waals surface area contributed by atoms with Gasteiger partial charge >= 0.3 is 0 Å². The molecule has 1 heterocycles. The highest BCUT2D eigenvalue weighted by Gasteiger charge is 2.49. The number of hydrogen-bond donors (Lipinski definition) is 2. The Labute approximate surface area is 127 Å². The fourth-order valence-electron chi connectivity index (χ4n) is 2.98. The summed E-state index contributed by atoms with van der Waals surface area (Å²) < 4.78 is 0. The second kappa shape index (κ2) is 5.29. The predicted octanol–water partition coefficient (Wildman–Crippen LogP) is 1.38. The molecule has 2 aliphatic rings. The predicted molar refractivity (Wildman–Crippen MR) is 77.4 cm³/mol. The Balaban J connectivity index is 1.79. The third-order valence-corrected chi connectivity index (χ3v) is 4.19. The van der Waals surface area contributed by atoms with Crippen LogP contribution in [0, 0.1) is 11.8 Å². The van der Waals surface area contributed by atoms with Gasteiger partial charge in [-0.1, -0.05) is 23.8 Å². The van der Waals surface area contributed by atoms with Crippen molar-refractivity contribution in [3.8, 4) is 5.75 Å². The van der Waals surface area contributed by atoms with Crippen LogP contribution in [0.1, 0.15) is 30.1 Å². The van der Waals surface area contributed by atoms with Gasteiger partial charge in [-0.2, -0.15) is 5.01 Å². The number of rotatable bonds is 2. The van der Waals surface area contributed by atoms with Crippen LogP contribution in [0.3, 0.4) is 0 Å². The van der Waals surface area contributed by atoms with E-state index in [1.165, 1.54) is 12.1 Å². The van der Waals surface area contributed by atoms with Gasteiger partial charge < -0.3 is 5.11 Å². The van der Waals surface area contributed by atoms with Gasteiger partial charge in [-0.05, 0) is 31.9 Å². The second-order valence-corrected chi connectivity index (χ2v) is 5.67. The van der Waals surface area contributed by atoms with E-state index in [4.69, 9.17) is 0 Å². The lowest BCUT2D eigenvalue weighted by atomic mass is 9.82. The molecule has 1 aliphatic heterocycles. The van der Waals surface area contributed by atoms with Gasteiger partial charge in [0.2, 0.25) is 0 Å². The number of allylic oxidation sites excluding steroid dienone is 2. The van der Waals surface area contributed by atoms with Gasteiger partial charge in [0.05, 0.1) is 17.4 Å². The summed E-state index contributed by atoms with van der Waals surface area (Å²) in [6, 6.07) is 5.97. The number of imide groups is 1. The van der Waals surface area contributed by atoms with E-state index in [9.17, 15) is 19.5 Å². The van der Waals surface area contributed by atoms with Crippen molar-refractivity contribution in [2.24, 2.45) is 11.8 Å². The van der Waals surface area contributed by atoms with Crippen molar-refractivity contribution in [1.82, 2.24) is 10.4 Å². The number of hydrogen-bond acceptors (Lipinski definition) is 4. The van der Waals surface area contributed by atoms with E-state index in [0.717, 1.165) is 10.6 Å². The number of nitrogens with zero attached hydrogens (tertiary/aromatic N) is 1. The molecule has 0 unspecified atom stereocenters. The molecule has 3 amide bonds. The average Bonchev–Trinajstić information content (AvgIpc) is 2.72. The molecule has 1 saturated heterocycles. The Kier molecular flexibility index (Phi) is 3.44. The maximum absolute atomic E-state index is 12.3. The van der Waals surface area contributed by atoms with Gasteiger partial charge in [0.15, 0.2) is 0 Å². The summed E-state index contributed by atoms with van der Waals surface area (Å²) in [5.74, 6) is -2.45. The summed E-state index contributed by atoms with van der Waals surface area (Å²) >= 11 is 0. The van der Waals surface area contributed by atoms with E-state index >= 15 is 0 Å². The molecule has 1 fully saturated rings. The van der Waals surface area contributed by atoms with Gasteiger partial charge in [0, 0.05) is 0 Å². The van der Waals surface area contributed by atoms with Crippen LogP contribution in [0.4, 0.5) is 0 Å². The highest BCUT2D eigenvalue weighted by Crippen LogP contribution is 2.36. The Morgan fingerprint density at radius 3 is 2.64 bits per heavy atom. The lowest BCUT2D eigenvalue weighted by molar-refractivity contribution is -0.142. The number of carbonyl (C=O) groups is 3. The SMILES string of the molecule is CC1=CC[C@@H]2C(=O)N(NC(=O)c3ccccc3O)C(=O)[C@@H]2C1. The van der Waals surface area contributed by atoms with E-state index < -0.39 is 17.7 Å². The molecule has 2 atom stereocenters. The van der Waals surface area contributed by atoms with Crippen molar-refractivity contribution < 1.29 is 19.5 Å². The number of phenolic OH excluding ortho intramolecular Hbond substituents is 1. The molecular weight excluding hydrogens is 284 g/mol. The van der Waals surface area contributed by atoms with Crippen LogP contribution in [0.5, 0.6) is 5.75 Å². The summed E-state index contributed by atoms with van der Waals surface area (Å²) in [4.78, 5) is 36.8. The highest BCUT2D eigenvalue weighted by atomic mass is 16.3. The number of aromatic hydroxyl groups is 1. The van der Waals surface area contributed by atoms with Gasteiger partial charge in [0.25, 0.3) is 17.7 Å². The number of nitrogens with one attached hydrogen (secondary N) is 1. The summed E-state index contributed by atoms with van der Waals surface area (Å²) in [5, 5.41) is 10.5. The lowest BCUT2D eigenvalue weighted by Crippen LogP contribution is -2.46. The van der Waals surface area contributed by atoms with Gasteiger partial charge in [-0.25, -0.2) is 0 Å². The molecule has 0 bridgehead atoms. The van der Waals surface area contributed by atoms with Crippen molar-refractivity contribution >= 4 is 17.7 Å². The number of fused-ring (bicyclic) bond motifs is 1. The van der Waals surface area contributed by atoms with Crippen LogP contribution in [-0.2, 0) is 9.59 Å². The maximum Gasteiger partial charge on any atom is 0.274 e. The number of phenols is 1. The van der Waals surface area contributed by atoms with Crippen molar-refractivity contribution in [2.45, 2.75) is 19.8 Å². The molecule has 1 aromatic carbocycles. The number of amides is 3. The van der Waals surface area contributed by atoms with E-state index in [-0.39, 0.29) is 23.1 Å². The monoisotopic (exact) mass is 300 g/mol. The molecule has 2 N–H and O–H groups in total. The summed E-state index contributed by atoms with van der Waals surface area (Å²) in [6.45, 7) is 1.93. The molecule has 0 saturated carbocycles. The van der Waals surface area contributed by atoms with Crippen LogP contribution in [0.2, 0.25) is 0 Å². The Morgan fingerprint density at radius 1 is 1.23 bits per heavy atom. The molecule has 6 heteroatoms. The minimum atomic E-state index is -0.678. The van der Waals surface area contributed by atoms with Gasteiger partial charge in [-0.3, -0.25) is 19.8 Å². The van der Waals surface area contributed by atoms with Crippen LogP contribution in [-0.4, -0.2) is 27.8 Å². The molecule has 6 nitrogen and oxygen atoms in total. The fourth-order valence-corrected chi connectivity index (χ4v) is 2.98. The lowest BCUT2D eigenvalue weighted by Gasteiger charge is -2.18. The first kappa shape index (κ1) is 14.3. The molecule has 0 radical (unpaired) electrons. The number of carbonyl (C=O) groups excluding carboxylic acids is 3. The molecule has 0 spiro atoms. The van der Waals surface area contributed by atoms with E-state index in [1.807, 2.05) is 13.0 Å². The Morgan fingerprint density at radius 2 is 1.91 bits per heavy atom. The van der Waals surface area contributed by atoms with Crippen molar-refractivity contribution in [1.29, 1.82) is 0 Å². The first-order valence-electron chi connectivity index (χ1n) is 7.11. The van der Waals surface area contributed by atoms with Crippen molar-refractivity contribution in [2.75, 3.05) is 0 Å². The largest absolute Gasteiger partial charge is 0.507 e. The smallest absolute Gasteiger partial charge is 0.274 e. The Hall–Kier alpha value is -2.63. The van der Waals surface area contributed by atoms with E-state index in [2.05, 4.69) is 5.43 Å². The average molecular weight is 300 g/mol.